The molecule has 204 valence electrons. The summed E-state index contributed by atoms with van der Waals surface area (Å²) in [6.07, 6.45) is 6.43. The number of anilines is 1. The molecule has 0 saturated heterocycles. The van der Waals surface area contributed by atoms with Gasteiger partial charge < -0.3 is 9.67 Å². The van der Waals surface area contributed by atoms with Crippen LogP contribution < -0.4 is 4.90 Å². The number of carboxylic acid groups (broad SMARTS) is 1. The number of fused-ring (bicyclic) bond motifs is 1. The number of unbranched alkanes of at least 4 members (excludes halogenated alkanes) is 2. The number of carbonyl (C=O) groups excluding carboxylic acids is 1. The topological polar surface area (TPSA) is 101 Å². The third-order valence-electron chi connectivity index (χ3n) is 6.81. The maximum Gasteiger partial charge on any atom is 0.336 e. The van der Waals surface area contributed by atoms with Crippen LogP contribution in [0, 0.1) is 5.92 Å². The molecule has 0 unspecified atom stereocenters. The van der Waals surface area contributed by atoms with Crippen molar-refractivity contribution in [3.8, 4) is 11.1 Å². The van der Waals surface area contributed by atoms with Crippen molar-refractivity contribution < 1.29 is 14.7 Å². The largest absolute Gasteiger partial charge is 0.478 e. The minimum atomic E-state index is -0.945. The van der Waals surface area contributed by atoms with Gasteiger partial charge in [0.15, 0.2) is 5.65 Å². The van der Waals surface area contributed by atoms with Crippen LogP contribution in [0.15, 0.2) is 54.7 Å². The first-order valence-electron chi connectivity index (χ1n) is 13.8. The Hall–Kier alpha value is -4.07. The van der Waals surface area contributed by atoms with Gasteiger partial charge in [-0.25, -0.2) is 14.8 Å². The minimum Gasteiger partial charge on any atom is -0.478 e. The molecule has 0 aliphatic heterocycles. The van der Waals surface area contributed by atoms with E-state index in [0.29, 0.717) is 35.8 Å². The van der Waals surface area contributed by atoms with Gasteiger partial charge in [-0.3, -0.25) is 9.69 Å². The number of carboxylic acids is 1. The monoisotopic (exact) mass is 527 g/mol. The van der Waals surface area contributed by atoms with Crippen molar-refractivity contribution in [1.82, 2.24) is 19.5 Å². The second-order valence-electron chi connectivity index (χ2n) is 10.1. The summed E-state index contributed by atoms with van der Waals surface area (Å²) in [5.41, 5.74) is 4.29. The first-order valence-corrected chi connectivity index (χ1v) is 13.8. The Balaban J connectivity index is 1.72. The van der Waals surface area contributed by atoms with E-state index in [9.17, 15) is 14.7 Å². The standard InChI is InChI=1S/C31H37N5O3/c1-5-7-13-27-33-26-19-32-31(35(18-8-6-2)29(37)21(3)4)34-28(26)36(27)20-22-14-16-23(17-15-22)24-11-9-10-12-25(24)30(38)39/h9-12,14-17,19,21H,5-8,13,18,20H2,1-4H3,(H,38,39). The second-order valence-corrected chi connectivity index (χ2v) is 10.1. The SMILES string of the molecule is CCCCc1nc2cnc(N(CCCC)C(=O)C(C)C)nc2n1Cc1ccc(-c2ccccc2C(=O)O)cc1. The molecule has 39 heavy (non-hydrogen) atoms. The molecule has 1 amide bonds. The van der Waals surface area contributed by atoms with E-state index >= 15 is 0 Å². The van der Waals surface area contributed by atoms with Crippen LogP contribution in [0.25, 0.3) is 22.3 Å². The summed E-state index contributed by atoms with van der Waals surface area (Å²) >= 11 is 0. The summed E-state index contributed by atoms with van der Waals surface area (Å²) in [4.78, 5) is 40.7. The molecule has 2 aromatic carbocycles. The molecule has 4 rings (SSSR count). The average molecular weight is 528 g/mol. The average Bonchev–Trinajstić information content (AvgIpc) is 3.28. The lowest BCUT2D eigenvalue weighted by molar-refractivity contribution is -0.121. The molecule has 2 aromatic heterocycles. The van der Waals surface area contributed by atoms with E-state index in [1.165, 1.54) is 0 Å². The number of rotatable bonds is 12. The fourth-order valence-corrected chi connectivity index (χ4v) is 4.61. The van der Waals surface area contributed by atoms with Crippen LogP contribution in [0.3, 0.4) is 0 Å². The van der Waals surface area contributed by atoms with Gasteiger partial charge in [-0.15, -0.1) is 0 Å². The molecule has 0 spiro atoms. The van der Waals surface area contributed by atoms with Crippen molar-refractivity contribution in [3.63, 3.8) is 0 Å². The van der Waals surface area contributed by atoms with Gasteiger partial charge in [0.25, 0.3) is 0 Å². The van der Waals surface area contributed by atoms with Crippen molar-refractivity contribution >= 4 is 29.0 Å². The van der Waals surface area contributed by atoms with Gasteiger partial charge in [-0.1, -0.05) is 83.0 Å². The quantitative estimate of drug-likeness (QED) is 0.230. The number of hydrogen-bond acceptors (Lipinski definition) is 5. The zero-order chi connectivity index (χ0) is 27.9. The maximum atomic E-state index is 13.0. The molecule has 0 aliphatic rings. The maximum absolute atomic E-state index is 13.0. The predicted octanol–water partition coefficient (Wildman–Crippen LogP) is 6.37. The summed E-state index contributed by atoms with van der Waals surface area (Å²) in [5, 5.41) is 9.58. The van der Waals surface area contributed by atoms with Crippen LogP contribution in [0.5, 0.6) is 0 Å². The van der Waals surface area contributed by atoms with Gasteiger partial charge in [0.2, 0.25) is 11.9 Å². The number of nitrogens with zero attached hydrogens (tertiary/aromatic N) is 5. The summed E-state index contributed by atoms with van der Waals surface area (Å²) in [7, 11) is 0. The molecule has 8 heteroatoms. The first kappa shape index (κ1) is 28.0. The number of benzene rings is 2. The fourth-order valence-electron chi connectivity index (χ4n) is 4.61. The van der Waals surface area contributed by atoms with E-state index < -0.39 is 5.97 Å². The van der Waals surface area contributed by atoms with Gasteiger partial charge >= 0.3 is 5.97 Å². The molecule has 0 atom stereocenters. The van der Waals surface area contributed by atoms with Crippen molar-refractivity contribution in [3.05, 3.63) is 71.7 Å². The zero-order valence-electron chi connectivity index (χ0n) is 23.2. The van der Waals surface area contributed by atoms with E-state index in [4.69, 9.17) is 9.97 Å². The summed E-state index contributed by atoms with van der Waals surface area (Å²) in [6.45, 7) is 9.18. The molecular weight excluding hydrogens is 490 g/mol. The molecule has 8 nitrogen and oxygen atoms in total. The Morgan fingerprint density at radius 1 is 0.974 bits per heavy atom. The second kappa shape index (κ2) is 12.7. The van der Waals surface area contributed by atoms with Gasteiger partial charge in [-0.2, -0.15) is 4.98 Å². The highest BCUT2D eigenvalue weighted by Crippen LogP contribution is 2.26. The molecule has 2 heterocycles. The highest BCUT2D eigenvalue weighted by molar-refractivity contribution is 5.96. The lowest BCUT2D eigenvalue weighted by atomic mass is 9.99. The normalized spacial score (nSPS) is 11.3. The van der Waals surface area contributed by atoms with Crippen LogP contribution in [-0.2, 0) is 17.8 Å². The predicted molar refractivity (Wildman–Crippen MR) is 154 cm³/mol. The van der Waals surface area contributed by atoms with Crippen molar-refractivity contribution in [2.24, 2.45) is 5.92 Å². The van der Waals surface area contributed by atoms with Crippen molar-refractivity contribution in [2.45, 2.75) is 66.3 Å². The molecular formula is C31H37N5O3. The number of carbonyl (C=O) groups is 2. The van der Waals surface area contributed by atoms with Crippen LogP contribution in [0.4, 0.5) is 5.95 Å². The third-order valence-corrected chi connectivity index (χ3v) is 6.81. The Morgan fingerprint density at radius 2 is 1.69 bits per heavy atom. The molecule has 0 saturated carbocycles. The highest BCUT2D eigenvalue weighted by Gasteiger charge is 2.23. The number of amides is 1. The Morgan fingerprint density at radius 3 is 2.36 bits per heavy atom. The number of imidazole rings is 1. The summed E-state index contributed by atoms with van der Waals surface area (Å²) in [6, 6.07) is 15.0. The van der Waals surface area contributed by atoms with E-state index in [1.807, 2.05) is 50.2 Å². The van der Waals surface area contributed by atoms with E-state index in [0.717, 1.165) is 49.1 Å². The van der Waals surface area contributed by atoms with Crippen molar-refractivity contribution in [2.75, 3.05) is 11.4 Å². The molecule has 0 radical (unpaired) electrons. The number of aryl methyl sites for hydroxylation is 1. The number of aromatic carboxylic acids is 1. The van der Waals surface area contributed by atoms with Crippen LogP contribution in [0.1, 0.15) is 75.1 Å². The molecule has 0 fully saturated rings. The van der Waals surface area contributed by atoms with Gasteiger partial charge in [0.1, 0.15) is 11.3 Å². The molecule has 4 aromatic rings. The minimum absolute atomic E-state index is 0.0114. The fraction of sp³-hybridized carbons (Fsp3) is 0.387. The lowest BCUT2D eigenvalue weighted by Gasteiger charge is -2.22. The Bertz CT molecular complexity index is 1440. The molecule has 1 N–H and O–H groups in total. The summed E-state index contributed by atoms with van der Waals surface area (Å²) < 4.78 is 2.12. The Labute approximate surface area is 229 Å². The highest BCUT2D eigenvalue weighted by atomic mass is 16.4. The van der Waals surface area contributed by atoms with Crippen LogP contribution >= 0.6 is 0 Å². The van der Waals surface area contributed by atoms with E-state index in [1.54, 1.807) is 23.2 Å². The Kier molecular flexibility index (Phi) is 9.07. The molecule has 0 aliphatic carbocycles. The van der Waals surface area contributed by atoms with Gasteiger partial charge in [0.05, 0.1) is 18.3 Å². The molecule has 0 bridgehead atoms. The van der Waals surface area contributed by atoms with E-state index in [2.05, 4.69) is 23.4 Å². The third kappa shape index (κ3) is 6.33. The zero-order valence-corrected chi connectivity index (χ0v) is 23.2. The van der Waals surface area contributed by atoms with E-state index in [-0.39, 0.29) is 17.4 Å². The summed E-state index contributed by atoms with van der Waals surface area (Å²) in [5.74, 6) is 0.264. The van der Waals surface area contributed by atoms with Crippen molar-refractivity contribution in [1.29, 1.82) is 0 Å². The van der Waals surface area contributed by atoms with Gasteiger partial charge in [-0.05, 0) is 35.6 Å². The number of aromatic nitrogens is 4. The van der Waals surface area contributed by atoms with Crippen LogP contribution in [0.2, 0.25) is 0 Å². The van der Waals surface area contributed by atoms with Gasteiger partial charge in [0, 0.05) is 18.9 Å². The first-order chi connectivity index (χ1) is 18.8. The number of hydrogen-bond donors (Lipinski definition) is 1. The smallest absolute Gasteiger partial charge is 0.336 e. The van der Waals surface area contributed by atoms with Crippen LogP contribution in [-0.4, -0.2) is 43.0 Å². The lowest BCUT2D eigenvalue weighted by Crippen LogP contribution is -2.36.